The third-order valence-electron chi connectivity index (χ3n) is 2.87. The van der Waals surface area contributed by atoms with E-state index >= 15 is 0 Å². The predicted molar refractivity (Wildman–Crippen MR) is 87.6 cm³/mol. The zero-order chi connectivity index (χ0) is 17.3. The first-order valence-electron chi connectivity index (χ1n) is 6.17. The van der Waals surface area contributed by atoms with Gasteiger partial charge < -0.3 is 0 Å². The first-order valence-corrected chi connectivity index (χ1v) is 9.93. The second-order valence-corrected chi connectivity index (χ2v) is 8.90. The summed E-state index contributed by atoms with van der Waals surface area (Å²) in [6.45, 7) is 0. The monoisotopic (exact) mass is 422 g/mol. The number of nitrogens with one attached hydrogen (secondary N) is 2. The molecule has 0 saturated carbocycles. The van der Waals surface area contributed by atoms with Gasteiger partial charge in [-0.05, 0) is 43.4 Å². The van der Waals surface area contributed by atoms with Crippen molar-refractivity contribution >= 4 is 41.7 Å². The molecule has 0 atom stereocenters. The lowest BCUT2D eigenvalue weighted by Gasteiger charge is -2.10. The van der Waals surface area contributed by atoms with E-state index < -0.39 is 25.9 Å². The van der Waals surface area contributed by atoms with Gasteiger partial charge in [-0.25, -0.2) is 25.9 Å². The Morgan fingerprint density at radius 2 is 1.57 bits per heavy atom. The highest BCUT2D eigenvalue weighted by molar-refractivity contribution is 9.10. The minimum absolute atomic E-state index is 0.209. The molecule has 6 nitrogen and oxygen atoms in total. The molecule has 0 aliphatic carbocycles. The van der Waals surface area contributed by atoms with Crippen LogP contribution in [0.1, 0.15) is 0 Å². The van der Waals surface area contributed by atoms with Crippen LogP contribution in [0, 0.1) is 5.82 Å². The van der Waals surface area contributed by atoms with Crippen molar-refractivity contribution in [2.75, 3.05) is 11.8 Å². The average molecular weight is 423 g/mol. The standard InChI is InChI=1S/C13H12BrFN2O4S2/c1-16-22(18,19)10-3-2-4-11(8-10)23(20,21)17-13-6-5-9(14)7-12(13)15/h2-8,16-17H,1H3. The topological polar surface area (TPSA) is 92.3 Å². The Morgan fingerprint density at radius 1 is 0.957 bits per heavy atom. The van der Waals surface area contributed by atoms with E-state index in [9.17, 15) is 21.2 Å². The number of hydrogen-bond acceptors (Lipinski definition) is 4. The minimum Gasteiger partial charge on any atom is -0.277 e. The summed E-state index contributed by atoms with van der Waals surface area (Å²) in [6.07, 6.45) is 0. The van der Waals surface area contributed by atoms with E-state index in [0.29, 0.717) is 4.47 Å². The van der Waals surface area contributed by atoms with Gasteiger partial charge in [0.2, 0.25) is 10.0 Å². The molecule has 0 saturated heterocycles. The van der Waals surface area contributed by atoms with Crippen LogP contribution in [-0.2, 0) is 20.0 Å². The van der Waals surface area contributed by atoms with Crippen molar-refractivity contribution in [2.24, 2.45) is 0 Å². The van der Waals surface area contributed by atoms with Crippen molar-refractivity contribution in [3.63, 3.8) is 0 Å². The van der Waals surface area contributed by atoms with Gasteiger partial charge in [0, 0.05) is 4.47 Å². The molecule has 0 aromatic heterocycles. The van der Waals surface area contributed by atoms with Gasteiger partial charge in [0.1, 0.15) is 5.82 Å². The molecule has 2 N–H and O–H groups in total. The molecule has 23 heavy (non-hydrogen) atoms. The van der Waals surface area contributed by atoms with Crippen molar-refractivity contribution in [3.8, 4) is 0 Å². The van der Waals surface area contributed by atoms with Crippen molar-refractivity contribution in [3.05, 3.63) is 52.8 Å². The minimum atomic E-state index is -4.14. The molecule has 0 spiro atoms. The molecule has 2 aromatic carbocycles. The quantitative estimate of drug-likeness (QED) is 0.772. The fourth-order valence-corrected chi connectivity index (χ4v) is 4.00. The highest BCUT2D eigenvalue weighted by atomic mass is 79.9. The Kier molecular flexibility index (Phi) is 5.09. The van der Waals surface area contributed by atoms with Crippen LogP contribution in [0.4, 0.5) is 10.1 Å². The number of rotatable bonds is 5. The molecule has 0 bridgehead atoms. The third kappa shape index (κ3) is 4.08. The fourth-order valence-electron chi connectivity index (χ4n) is 1.70. The lowest BCUT2D eigenvalue weighted by atomic mass is 10.3. The summed E-state index contributed by atoms with van der Waals surface area (Å²) in [5.74, 6) is -0.762. The van der Waals surface area contributed by atoms with Crippen LogP contribution in [0.5, 0.6) is 0 Å². The van der Waals surface area contributed by atoms with Gasteiger partial charge in [-0.2, -0.15) is 0 Å². The number of sulfonamides is 2. The van der Waals surface area contributed by atoms with Crippen LogP contribution in [-0.4, -0.2) is 23.9 Å². The molecule has 2 rings (SSSR count). The predicted octanol–water partition coefficient (Wildman–Crippen LogP) is 2.30. The summed E-state index contributed by atoms with van der Waals surface area (Å²) >= 11 is 3.07. The van der Waals surface area contributed by atoms with E-state index in [1.54, 1.807) is 0 Å². The van der Waals surface area contributed by atoms with Crippen LogP contribution >= 0.6 is 15.9 Å². The maximum atomic E-state index is 13.8. The van der Waals surface area contributed by atoms with Crippen LogP contribution < -0.4 is 9.44 Å². The number of hydrogen-bond donors (Lipinski definition) is 2. The molecule has 0 aliphatic rings. The Bertz CT molecular complexity index is 946. The summed E-state index contributed by atoms with van der Waals surface area (Å²) in [5.41, 5.74) is -0.241. The lowest BCUT2D eigenvalue weighted by Crippen LogP contribution is -2.20. The molecule has 0 radical (unpaired) electrons. The van der Waals surface area contributed by atoms with E-state index in [0.717, 1.165) is 12.1 Å². The van der Waals surface area contributed by atoms with Gasteiger partial charge in [-0.3, -0.25) is 4.72 Å². The van der Waals surface area contributed by atoms with Crippen molar-refractivity contribution < 1.29 is 21.2 Å². The molecule has 124 valence electrons. The average Bonchev–Trinajstić information content (AvgIpc) is 2.50. The Morgan fingerprint density at radius 3 is 2.13 bits per heavy atom. The molecule has 0 amide bonds. The summed E-state index contributed by atoms with van der Waals surface area (Å²) < 4.78 is 66.5. The van der Waals surface area contributed by atoms with Gasteiger partial charge in [0.25, 0.3) is 10.0 Å². The van der Waals surface area contributed by atoms with E-state index in [1.165, 1.54) is 37.4 Å². The summed E-state index contributed by atoms with van der Waals surface area (Å²) in [7, 11) is -6.71. The summed E-state index contributed by atoms with van der Waals surface area (Å²) in [4.78, 5) is -0.504. The molecular weight excluding hydrogens is 411 g/mol. The Balaban J connectivity index is 2.42. The Hall–Kier alpha value is -1.49. The van der Waals surface area contributed by atoms with Crippen molar-refractivity contribution in [2.45, 2.75) is 9.79 Å². The highest BCUT2D eigenvalue weighted by Crippen LogP contribution is 2.23. The molecular formula is C13H12BrFN2O4S2. The second-order valence-electron chi connectivity index (χ2n) is 4.41. The van der Waals surface area contributed by atoms with E-state index in [2.05, 4.69) is 25.4 Å². The lowest BCUT2D eigenvalue weighted by molar-refractivity contribution is 0.587. The smallest absolute Gasteiger partial charge is 0.262 e. The van der Waals surface area contributed by atoms with Crippen molar-refractivity contribution in [1.82, 2.24) is 4.72 Å². The molecule has 0 fully saturated rings. The molecule has 2 aromatic rings. The summed E-state index contributed by atoms with van der Waals surface area (Å²) in [5, 5.41) is 0. The van der Waals surface area contributed by atoms with Crippen LogP contribution in [0.25, 0.3) is 0 Å². The van der Waals surface area contributed by atoms with E-state index in [4.69, 9.17) is 0 Å². The van der Waals surface area contributed by atoms with Gasteiger partial charge in [0.15, 0.2) is 0 Å². The highest BCUT2D eigenvalue weighted by Gasteiger charge is 2.20. The summed E-state index contributed by atoms with van der Waals surface area (Å²) in [6, 6.07) is 8.59. The van der Waals surface area contributed by atoms with Gasteiger partial charge >= 0.3 is 0 Å². The van der Waals surface area contributed by atoms with Crippen LogP contribution in [0.3, 0.4) is 0 Å². The first-order chi connectivity index (χ1) is 10.7. The third-order valence-corrected chi connectivity index (χ3v) is 6.14. The molecule has 0 aliphatic heterocycles. The number of anilines is 1. The van der Waals surface area contributed by atoms with Crippen molar-refractivity contribution in [1.29, 1.82) is 0 Å². The van der Waals surface area contributed by atoms with Crippen LogP contribution in [0.2, 0.25) is 0 Å². The zero-order valence-electron chi connectivity index (χ0n) is 11.7. The van der Waals surface area contributed by atoms with Crippen LogP contribution in [0.15, 0.2) is 56.7 Å². The number of halogens is 2. The molecule has 0 heterocycles. The molecule has 0 unspecified atom stereocenters. The first kappa shape index (κ1) is 17.9. The van der Waals surface area contributed by atoms with Gasteiger partial charge in [0.05, 0.1) is 15.5 Å². The molecule has 10 heteroatoms. The number of benzene rings is 2. The maximum absolute atomic E-state index is 13.8. The maximum Gasteiger partial charge on any atom is 0.262 e. The van der Waals surface area contributed by atoms with Gasteiger partial charge in [-0.1, -0.05) is 22.0 Å². The van der Waals surface area contributed by atoms with E-state index in [1.807, 2.05) is 0 Å². The largest absolute Gasteiger partial charge is 0.277 e. The normalized spacial score (nSPS) is 12.1. The SMILES string of the molecule is CNS(=O)(=O)c1cccc(S(=O)(=O)Nc2ccc(Br)cc2F)c1. The van der Waals surface area contributed by atoms with Gasteiger partial charge in [-0.15, -0.1) is 0 Å². The second kappa shape index (κ2) is 6.56. The van der Waals surface area contributed by atoms with E-state index in [-0.39, 0.29) is 15.5 Å². The fraction of sp³-hybridized carbons (Fsp3) is 0.0769. The Labute approximate surface area is 142 Å². The zero-order valence-corrected chi connectivity index (χ0v) is 15.0.